The number of nitrogens with one attached hydrogen (secondary N) is 1. The summed E-state index contributed by atoms with van der Waals surface area (Å²) < 4.78 is 4.69. The molecular weight excluding hydrogens is 408 g/mol. The number of hydrogen-bond acceptors (Lipinski definition) is 5. The Morgan fingerprint density at radius 2 is 1.62 bits per heavy atom. The van der Waals surface area contributed by atoms with E-state index in [2.05, 4.69) is 5.32 Å². The molecule has 0 aromatic heterocycles. The molecule has 3 aromatic rings. The summed E-state index contributed by atoms with van der Waals surface area (Å²) in [6, 6.07) is 15.7. The number of amides is 3. The fourth-order valence-electron chi connectivity index (χ4n) is 3.94. The molecule has 0 saturated heterocycles. The lowest BCUT2D eigenvalue weighted by Crippen LogP contribution is -2.41. The van der Waals surface area contributed by atoms with Gasteiger partial charge in [0.25, 0.3) is 11.8 Å². The standard InChI is InChI=1S/C25H22N2O5/c1-15-14-17(25(31)32-2)11-12-20(15)26-21(28)10-5-13-27-23(29)18-8-3-6-16-7-4-9-19(22(16)18)24(27)30/h3-4,6-9,11-12,14H,5,10,13H2,1-2H3,(H,26,28). The van der Waals surface area contributed by atoms with Crippen molar-refractivity contribution in [3.05, 3.63) is 76.9 Å². The van der Waals surface area contributed by atoms with Gasteiger partial charge in [0, 0.05) is 35.2 Å². The molecule has 3 aromatic carbocycles. The molecule has 0 unspecified atom stereocenters. The molecule has 0 radical (unpaired) electrons. The predicted molar refractivity (Wildman–Crippen MR) is 120 cm³/mol. The smallest absolute Gasteiger partial charge is 0.337 e. The van der Waals surface area contributed by atoms with Gasteiger partial charge in [0.05, 0.1) is 12.7 Å². The van der Waals surface area contributed by atoms with Crippen LogP contribution in [0.2, 0.25) is 0 Å². The molecule has 0 saturated carbocycles. The van der Waals surface area contributed by atoms with Crippen molar-refractivity contribution in [3.63, 3.8) is 0 Å². The molecule has 162 valence electrons. The van der Waals surface area contributed by atoms with Crippen molar-refractivity contribution in [2.45, 2.75) is 19.8 Å². The average Bonchev–Trinajstić information content (AvgIpc) is 2.80. The predicted octanol–water partition coefficient (Wildman–Crippen LogP) is 3.95. The molecule has 32 heavy (non-hydrogen) atoms. The molecule has 3 amide bonds. The van der Waals surface area contributed by atoms with Gasteiger partial charge in [-0.1, -0.05) is 24.3 Å². The Balaban J connectivity index is 1.40. The third kappa shape index (κ3) is 3.85. The first-order chi connectivity index (χ1) is 15.4. The van der Waals surface area contributed by atoms with Crippen LogP contribution in [0, 0.1) is 6.92 Å². The number of carbonyl (C=O) groups is 4. The third-order valence-corrected chi connectivity index (χ3v) is 5.56. The maximum atomic E-state index is 12.9. The van der Waals surface area contributed by atoms with E-state index in [-0.39, 0.29) is 30.7 Å². The van der Waals surface area contributed by atoms with Crippen LogP contribution >= 0.6 is 0 Å². The fourth-order valence-corrected chi connectivity index (χ4v) is 3.94. The molecule has 1 aliphatic rings. The largest absolute Gasteiger partial charge is 0.465 e. The maximum absolute atomic E-state index is 12.9. The molecule has 1 aliphatic heterocycles. The second kappa shape index (κ2) is 8.63. The Morgan fingerprint density at radius 3 is 2.22 bits per heavy atom. The number of rotatable bonds is 6. The number of imide groups is 1. The van der Waals surface area contributed by atoms with Gasteiger partial charge >= 0.3 is 5.97 Å². The summed E-state index contributed by atoms with van der Waals surface area (Å²) in [5.74, 6) is -1.36. The van der Waals surface area contributed by atoms with Gasteiger partial charge < -0.3 is 10.1 Å². The van der Waals surface area contributed by atoms with Crippen LogP contribution in [0.25, 0.3) is 10.8 Å². The highest BCUT2D eigenvalue weighted by Crippen LogP contribution is 2.30. The highest BCUT2D eigenvalue weighted by atomic mass is 16.5. The van der Waals surface area contributed by atoms with Gasteiger partial charge in [0.2, 0.25) is 5.91 Å². The van der Waals surface area contributed by atoms with Crippen molar-refractivity contribution in [3.8, 4) is 0 Å². The van der Waals surface area contributed by atoms with E-state index in [0.29, 0.717) is 34.2 Å². The molecule has 7 nitrogen and oxygen atoms in total. The third-order valence-electron chi connectivity index (χ3n) is 5.56. The zero-order valence-corrected chi connectivity index (χ0v) is 17.8. The summed E-state index contributed by atoms with van der Waals surface area (Å²) in [5, 5.41) is 4.35. The molecular formula is C25H22N2O5. The molecule has 0 atom stereocenters. The monoisotopic (exact) mass is 430 g/mol. The number of methoxy groups -OCH3 is 1. The second-order valence-electron chi connectivity index (χ2n) is 7.64. The van der Waals surface area contributed by atoms with E-state index in [0.717, 1.165) is 10.9 Å². The lowest BCUT2D eigenvalue weighted by Gasteiger charge is -2.27. The van der Waals surface area contributed by atoms with E-state index in [1.807, 2.05) is 12.1 Å². The van der Waals surface area contributed by atoms with Gasteiger partial charge in [-0.05, 0) is 54.6 Å². The lowest BCUT2D eigenvalue weighted by molar-refractivity contribution is -0.116. The van der Waals surface area contributed by atoms with Gasteiger partial charge in [-0.15, -0.1) is 0 Å². The molecule has 0 bridgehead atoms. The number of benzene rings is 3. The summed E-state index contributed by atoms with van der Waals surface area (Å²) in [6.07, 6.45) is 0.474. The van der Waals surface area contributed by atoms with Gasteiger partial charge in [-0.3, -0.25) is 19.3 Å². The number of ether oxygens (including phenoxy) is 1. The Labute approximate surface area is 185 Å². The Bertz CT molecular complexity index is 1210. The molecule has 0 aliphatic carbocycles. The minimum Gasteiger partial charge on any atom is -0.465 e. The van der Waals surface area contributed by atoms with Crippen molar-refractivity contribution < 1.29 is 23.9 Å². The molecule has 1 heterocycles. The normalized spacial score (nSPS) is 12.8. The minimum absolute atomic E-state index is 0.140. The summed E-state index contributed by atoms with van der Waals surface area (Å²) in [6.45, 7) is 1.93. The van der Waals surface area contributed by atoms with E-state index in [1.165, 1.54) is 12.0 Å². The van der Waals surface area contributed by atoms with Gasteiger partial charge in [0.1, 0.15) is 0 Å². The second-order valence-corrected chi connectivity index (χ2v) is 7.64. The van der Waals surface area contributed by atoms with Crippen molar-refractivity contribution in [2.75, 3.05) is 19.0 Å². The van der Waals surface area contributed by atoms with Crippen molar-refractivity contribution in [1.29, 1.82) is 0 Å². The number of hydrogen-bond donors (Lipinski definition) is 1. The van der Waals surface area contributed by atoms with Crippen LogP contribution in [-0.2, 0) is 9.53 Å². The Kier molecular flexibility index (Phi) is 5.73. The van der Waals surface area contributed by atoms with Crippen LogP contribution in [0.1, 0.15) is 49.5 Å². The number of nitrogens with zero attached hydrogens (tertiary/aromatic N) is 1. The molecule has 4 rings (SSSR count). The highest BCUT2D eigenvalue weighted by molar-refractivity contribution is 6.25. The lowest BCUT2D eigenvalue weighted by atomic mass is 9.94. The van der Waals surface area contributed by atoms with Crippen molar-refractivity contribution >= 4 is 40.2 Å². The van der Waals surface area contributed by atoms with E-state index >= 15 is 0 Å². The van der Waals surface area contributed by atoms with Crippen LogP contribution in [-0.4, -0.2) is 42.2 Å². The van der Waals surface area contributed by atoms with Crippen molar-refractivity contribution in [2.24, 2.45) is 0 Å². The van der Waals surface area contributed by atoms with E-state index in [1.54, 1.807) is 49.4 Å². The van der Waals surface area contributed by atoms with E-state index < -0.39 is 5.97 Å². The Hall–Kier alpha value is -4.00. The summed E-state index contributed by atoms with van der Waals surface area (Å²) in [7, 11) is 1.31. The molecule has 7 heteroatoms. The Morgan fingerprint density at radius 1 is 0.969 bits per heavy atom. The first-order valence-corrected chi connectivity index (χ1v) is 10.3. The zero-order chi connectivity index (χ0) is 22.8. The molecule has 0 spiro atoms. The number of anilines is 1. The topological polar surface area (TPSA) is 92.8 Å². The first-order valence-electron chi connectivity index (χ1n) is 10.3. The minimum atomic E-state index is -0.445. The van der Waals surface area contributed by atoms with Crippen LogP contribution in [0.3, 0.4) is 0 Å². The molecule has 1 N–H and O–H groups in total. The summed E-state index contributed by atoms with van der Waals surface area (Å²) in [4.78, 5) is 51.0. The SMILES string of the molecule is COC(=O)c1ccc(NC(=O)CCCN2C(=O)c3cccc4cccc(c34)C2=O)c(C)c1. The average molecular weight is 430 g/mol. The van der Waals surface area contributed by atoms with E-state index in [4.69, 9.17) is 4.74 Å². The molecule has 0 fully saturated rings. The zero-order valence-electron chi connectivity index (χ0n) is 17.8. The fraction of sp³-hybridized carbons (Fsp3) is 0.200. The summed E-state index contributed by atoms with van der Waals surface area (Å²) in [5.41, 5.74) is 2.73. The van der Waals surface area contributed by atoms with Crippen LogP contribution in [0.15, 0.2) is 54.6 Å². The number of aryl methyl sites for hydroxylation is 1. The van der Waals surface area contributed by atoms with Gasteiger partial charge in [-0.25, -0.2) is 4.79 Å². The van der Waals surface area contributed by atoms with Gasteiger partial charge in [-0.2, -0.15) is 0 Å². The summed E-state index contributed by atoms with van der Waals surface area (Å²) >= 11 is 0. The van der Waals surface area contributed by atoms with E-state index in [9.17, 15) is 19.2 Å². The van der Waals surface area contributed by atoms with Crippen LogP contribution in [0.5, 0.6) is 0 Å². The number of esters is 1. The quantitative estimate of drug-likeness (QED) is 0.472. The maximum Gasteiger partial charge on any atom is 0.337 e. The highest BCUT2D eigenvalue weighted by Gasteiger charge is 2.32. The van der Waals surface area contributed by atoms with Gasteiger partial charge in [0.15, 0.2) is 0 Å². The van der Waals surface area contributed by atoms with Crippen LogP contribution in [0.4, 0.5) is 5.69 Å². The number of carbonyl (C=O) groups excluding carboxylic acids is 4. The van der Waals surface area contributed by atoms with Crippen LogP contribution < -0.4 is 5.32 Å². The first kappa shape index (κ1) is 21.2. The van der Waals surface area contributed by atoms with Crippen molar-refractivity contribution in [1.82, 2.24) is 4.90 Å².